The molecule has 0 rings (SSSR count). The number of rotatable bonds is 4. The third-order valence-corrected chi connectivity index (χ3v) is 2.60. The summed E-state index contributed by atoms with van der Waals surface area (Å²) < 4.78 is 0. The zero-order valence-corrected chi connectivity index (χ0v) is 10.2. The molecule has 0 spiro atoms. The van der Waals surface area contributed by atoms with Gasteiger partial charge in [-0.3, -0.25) is 9.80 Å². The van der Waals surface area contributed by atoms with Crippen LogP contribution < -0.4 is 0 Å². The van der Waals surface area contributed by atoms with E-state index in [4.69, 9.17) is 0 Å². The molecule has 74 valence electrons. The van der Waals surface area contributed by atoms with Gasteiger partial charge in [-0.1, -0.05) is 0 Å². The summed E-state index contributed by atoms with van der Waals surface area (Å²) >= 11 is 8.50. The number of thiol groups is 2. The minimum Gasteiger partial charge on any atom is -0.284 e. The van der Waals surface area contributed by atoms with Gasteiger partial charge in [-0.2, -0.15) is 25.3 Å². The van der Waals surface area contributed by atoms with Crippen molar-refractivity contribution >= 4 is 25.3 Å². The van der Waals surface area contributed by atoms with Crippen molar-refractivity contribution in [2.24, 2.45) is 0 Å². The predicted molar refractivity (Wildman–Crippen MR) is 61.9 cm³/mol. The van der Waals surface area contributed by atoms with Gasteiger partial charge in [0.15, 0.2) is 0 Å². The number of nitrogens with zero attached hydrogens (tertiary/aromatic N) is 2. The highest BCUT2D eigenvalue weighted by atomic mass is 32.1. The molecule has 0 aliphatic rings. The van der Waals surface area contributed by atoms with E-state index >= 15 is 0 Å². The van der Waals surface area contributed by atoms with Crippen molar-refractivity contribution in [2.75, 3.05) is 25.5 Å². The Morgan fingerprint density at radius 2 is 1.58 bits per heavy atom. The number of hydrogen-bond acceptors (Lipinski definition) is 4. The molecule has 12 heavy (non-hydrogen) atoms. The lowest BCUT2D eigenvalue weighted by Crippen LogP contribution is -2.46. The van der Waals surface area contributed by atoms with Crippen molar-refractivity contribution in [3.8, 4) is 0 Å². The van der Waals surface area contributed by atoms with Crippen LogP contribution in [0.5, 0.6) is 0 Å². The molecule has 0 aliphatic carbocycles. The molecule has 0 saturated carbocycles. The first-order valence-corrected chi connectivity index (χ1v) is 5.33. The van der Waals surface area contributed by atoms with Crippen molar-refractivity contribution in [3.63, 3.8) is 0 Å². The maximum atomic E-state index is 4.30. The van der Waals surface area contributed by atoms with Crippen LogP contribution >= 0.6 is 25.3 Å². The van der Waals surface area contributed by atoms with Crippen molar-refractivity contribution in [2.45, 2.75) is 26.3 Å². The Balaban J connectivity index is 4.00. The normalized spacial score (nSPS) is 13.0. The second-order valence-electron chi connectivity index (χ2n) is 3.99. The molecular formula is C8H20N2S2. The summed E-state index contributed by atoms with van der Waals surface area (Å²) in [6.45, 7) is 7.48. The smallest absolute Gasteiger partial charge is 0.0523 e. The Morgan fingerprint density at radius 1 is 1.08 bits per heavy atom. The zero-order valence-electron chi connectivity index (χ0n) is 8.41. The van der Waals surface area contributed by atoms with E-state index in [1.807, 2.05) is 0 Å². The summed E-state index contributed by atoms with van der Waals surface area (Å²) in [4.78, 5) is 4.43. The Bertz CT molecular complexity index is 123. The first-order valence-electron chi connectivity index (χ1n) is 4.07. The van der Waals surface area contributed by atoms with Gasteiger partial charge in [-0.05, 0) is 27.8 Å². The van der Waals surface area contributed by atoms with Crippen LogP contribution in [0.1, 0.15) is 20.8 Å². The summed E-state index contributed by atoms with van der Waals surface area (Å²) in [6.07, 6.45) is 0. The van der Waals surface area contributed by atoms with E-state index in [2.05, 4.69) is 62.9 Å². The highest BCUT2D eigenvalue weighted by Gasteiger charge is 2.20. The molecule has 0 N–H and O–H groups in total. The average molecular weight is 208 g/mol. The second-order valence-corrected chi connectivity index (χ2v) is 4.56. The fourth-order valence-corrected chi connectivity index (χ4v) is 1.41. The summed E-state index contributed by atoms with van der Waals surface area (Å²) in [7, 11) is 2.05. The molecule has 0 aromatic carbocycles. The molecule has 0 amide bonds. The topological polar surface area (TPSA) is 6.48 Å². The summed E-state index contributed by atoms with van der Waals surface area (Å²) in [6, 6.07) is 0. The van der Waals surface area contributed by atoms with Gasteiger partial charge in [0, 0.05) is 17.3 Å². The molecule has 2 nitrogen and oxygen atoms in total. The van der Waals surface area contributed by atoms with Crippen LogP contribution in [0.3, 0.4) is 0 Å². The fraction of sp³-hybridized carbons (Fsp3) is 1.00. The van der Waals surface area contributed by atoms with E-state index in [-0.39, 0.29) is 5.54 Å². The quantitative estimate of drug-likeness (QED) is 0.537. The van der Waals surface area contributed by atoms with Gasteiger partial charge < -0.3 is 0 Å². The van der Waals surface area contributed by atoms with Gasteiger partial charge in [0.1, 0.15) is 0 Å². The largest absolute Gasteiger partial charge is 0.284 e. The molecule has 0 aromatic heterocycles. The summed E-state index contributed by atoms with van der Waals surface area (Å²) in [5, 5.41) is 0. The zero-order chi connectivity index (χ0) is 9.78. The molecule has 0 radical (unpaired) electrons. The third-order valence-electron chi connectivity index (χ3n) is 1.77. The molecule has 4 heteroatoms. The van der Waals surface area contributed by atoms with E-state index in [1.165, 1.54) is 0 Å². The monoisotopic (exact) mass is 208 g/mol. The molecule has 0 fully saturated rings. The predicted octanol–water partition coefficient (Wildman–Crippen LogP) is 1.75. The van der Waals surface area contributed by atoms with Crippen LogP contribution in [-0.2, 0) is 0 Å². The van der Waals surface area contributed by atoms with E-state index in [9.17, 15) is 0 Å². The van der Waals surface area contributed by atoms with Gasteiger partial charge in [-0.15, -0.1) is 0 Å². The van der Waals surface area contributed by atoms with E-state index < -0.39 is 0 Å². The van der Waals surface area contributed by atoms with Gasteiger partial charge >= 0.3 is 0 Å². The minimum atomic E-state index is 0.180. The van der Waals surface area contributed by atoms with E-state index in [0.29, 0.717) is 0 Å². The summed E-state index contributed by atoms with van der Waals surface area (Å²) in [5.74, 6) is 1.56. The summed E-state index contributed by atoms with van der Waals surface area (Å²) in [5.41, 5.74) is 0.180. The number of hydrogen-bond donors (Lipinski definition) is 2. The van der Waals surface area contributed by atoms with Crippen LogP contribution in [-0.4, -0.2) is 40.8 Å². The van der Waals surface area contributed by atoms with E-state index in [0.717, 1.165) is 18.4 Å². The molecule has 0 aromatic rings. The lowest BCUT2D eigenvalue weighted by Gasteiger charge is -2.36. The lowest BCUT2D eigenvalue weighted by molar-refractivity contribution is 0.101. The van der Waals surface area contributed by atoms with E-state index in [1.54, 1.807) is 0 Å². The van der Waals surface area contributed by atoms with Crippen molar-refractivity contribution in [1.82, 2.24) is 9.80 Å². The van der Waals surface area contributed by atoms with Gasteiger partial charge in [-0.25, -0.2) is 0 Å². The molecule has 0 heterocycles. The lowest BCUT2D eigenvalue weighted by atomic mass is 10.1. The van der Waals surface area contributed by atoms with Crippen molar-refractivity contribution in [3.05, 3.63) is 0 Å². The van der Waals surface area contributed by atoms with Crippen LogP contribution in [0, 0.1) is 0 Å². The Kier molecular flexibility index (Phi) is 5.65. The maximum absolute atomic E-state index is 4.30. The van der Waals surface area contributed by atoms with Gasteiger partial charge in [0.25, 0.3) is 0 Å². The van der Waals surface area contributed by atoms with Crippen LogP contribution in [0.15, 0.2) is 0 Å². The Hall–Kier alpha value is 0.620. The molecule has 0 bridgehead atoms. The Labute approximate surface area is 87.1 Å². The maximum Gasteiger partial charge on any atom is 0.0523 e. The first-order chi connectivity index (χ1) is 5.41. The minimum absolute atomic E-state index is 0.180. The van der Waals surface area contributed by atoms with Gasteiger partial charge in [0.2, 0.25) is 0 Å². The van der Waals surface area contributed by atoms with Crippen LogP contribution in [0.4, 0.5) is 0 Å². The van der Waals surface area contributed by atoms with Crippen LogP contribution in [0.25, 0.3) is 0 Å². The SMILES string of the molecule is CN(CS)CN(CS)C(C)(C)C. The highest BCUT2D eigenvalue weighted by molar-refractivity contribution is 7.80. The Morgan fingerprint density at radius 3 is 1.83 bits per heavy atom. The van der Waals surface area contributed by atoms with Crippen LogP contribution in [0.2, 0.25) is 0 Å². The fourth-order valence-electron chi connectivity index (χ4n) is 0.805. The molecule has 0 aliphatic heterocycles. The molecule has 0 unspecified atom stereocenters. The van der Waals surface area contributed by atoms with Crippen molar-refractivity contribution in [1.29, 1.82) is 0 Å². The second kappa shape index (κ2) is 5.37. The third kappa shape index (κ3) is 4.60. The first kappa shape index (κ1) is 12.6. The molecular weight excluding hydrogens is 188 g/mol. The molecule has 0 saturated heterocycles. The van der Waals surface area contributed by atoms with Gasteiger partial charge in [0.05, 0.1) is 6.67 Å². The highest BCUT2D eigenvalue weighted by Crippen LogP contribution is 2.13. The average Bonchev–Trinajstić information content (AvgIpc) is 1.97. The molecule has 0 atom stereocenters. The van der Waals surface area contributed by atoms with Crippen molar-refractivity contribution < 1.29 is 0 Å². The standard InChI is InChI=1S/C8H20N2S2/c1-8(2,3)10(7-12)5-9(4)6-11/h11-12H,5-7H2,1-4H3.